The highest BCUT2D eigenvalue weighted by Crippen LogP contribution is 2.53. The molecule has 15 heteroatoms. The van der Waals surface area contributed by atoms with Crippen molar-refractivity contribution in [2.24, 2.45) is 0 Å². The quantitative estimate of drug-likeness (QED) is 0.355. The molecule has 4 rings (SSSR count). The number of aromatic nitrogens is 2. The van der Waals surface area contributed by atoms with Gasteiger partial charge in [-0.25, -0.2) is 13.8 Å². The zero-order chi connectivity index (χ0) is 25.2. The van der Waals surface area contributed by atoms with Gasteiger partial charge in [0.1, 0.15) is 37.1 Å². The Kier molecular flexibility index (Phi) is 8.47. The number of aliphatic hydroxyl groups is 1. The maximum absolute atomic E-state index is 14.8. The number of rotatable bonds is 9. The number of para-hydroxylation sites is 1. The van der Waals surface area contributed by atoms with Crippen LogP contribution in [0.25, 0.3) is 0 Å². The van der Waals surface area contributed by atoms with Gasteiger partial charge in [0, 0.05) is 17.5 Å². The summed E-state index contributed by atoms with van der Waals surface area (Å²) in [6.45, 7) is -0.434. The predicted octanol–water partition coefficient (Wildman–Crippen LogP) is 2.15. The number of hydrogen-bond acceptors (Lipinski definition) is 10. The number of halogens is 2. The average Bonchev–Trinajstić information content (AvgIpc) is 3.33. The largest absolute Gasteiger partial charge is 0.530 e. The monoisotopic (exact) mass is 547 g/mol. The lowest BCUT2D eigenvalue weighted by molar-refractivity contribution is -0.00618. The van der Waals surface area contributed by atoms with Gasteiger partial charge in [-0.1, -0.05) is 23.7 Å². The number of hydrogen-bond donors (Lipinski definition) is 2. The van der Waals surface area contributed by atoms with Crippen LogP contribution in [0.4, 0.5) is 10.2 Å². The van der Waals surface area contributed by atoms with Gasteiger partial charge in [0.15, 0.2) is 0 Å². The SMILES string of the molecule is B[C@H]1C[C@H](O)[C@@H](COP(=O)(OC[C@@H]2C[C@H](F)[C@H](n3ccc(N)nc3=O)S2)Oc2ccccc2Cl)O1. The molecule has 35 heavy (non-hydrogen) atoms. The highest BCUT2D eigenvalue weighted by atomic mass is 35.5. The molecule has 190 valence electrons. The highest BCUT2D eigenvalue weighted by Gasteiger charge is 2.41. The van der Waals surface area contributed by atoms with Crippen molar-refractivity contribution in [1.82, 2.24) is 9.55 Å². The van der Waals surface area contributed by atoms with E-state index in [1.54, 1.807) is 18.2 Å². The van der Waals surface area contributed by atoms with E-state index in [-0.39, 0.29) is 42.2 Å². The molecule has 0 amide bonds. The zero-order valence-corrected chi connectivity index (χ0v) is 21.2. The lowest BCUT2D eigenvalue weighted by atomic mass is 9.96. The van der Waals surface area contributed by atoms with Crippen LogP contribution in [0.15, 0.2) is 41.3 Å². The number of nitrogens with two attached hydrogens (primary N) is 1. The molecule has 7 atom stereocenters. The number of aliphatic hydroxyl groups excluding tert-OH is 1. The first-order valence-corrected chi connectivity index (χ1v) is 13.7. The van der Waals surface area contributed by atoms with E-state index in [1.165, 1.54) is 22.9 Å². The summed E-state index contributed by atoms with van der Waals surface area (Å²) in [5, 5.41) is 9.02. The molecule has 2 aromatic rings. The van der Waals surface area contributed by atoms with Crippen molar-refractivity contribution in [3.05, 3.63) is 52.0 Å². The Labute approximate surface area is 211 Å². The first-order chi connectivity index (χ1) is 16.6. The first kappa shape index (κ1) is 26.5. The van der Waals surface area contributed by atoms with Crippen LogP contribution in [0.3, 0.4) is 0 Å². The van der Waals surface area contributed by atoms with E-state index < -0.39 is 42.5 Å². The second-order valence-corrected chi connectivity index (χ2v) is 11.7. The van der Waals surface area contributed by atoms with Gasteiger partial charge in [-0.15, -0.1) is 11.8 Å². The fourth-order valence-electron chi connectivity index (χ4n) is 3.83. The van der Waals surface area contributed by atoms with Gasteiger partial charge in [-0.3, -0.25) is 13.6 Å². The van der Waals surface area contributed by atoms with Crippen molar-refractivity contribution in [2.75, 3.05) is 18.9 Å². The summed E-state index contributed by atoms with van der Waals surface area (Å²) < 4.78 is 51.7. The molecule has 1 unspecified atom stereocenters. The molecule has 1 aromatic heterocycles. The molecular weight excluding hydrogens is 523 g/mol. The van der Waals surface area contributed by atoms with Gasteiger partial charge in [0.25, 0.3) is 0 Å². The van der Waals surface area contributed by atoms with Gasteiger partial charge in [-0.05, 0) is 31.0 Å². The van der Waals surface area contributed by atoms with E-state index in [1.807, 2.05) is 7.85 Å². The molecule has 0 bridgehead atoms. The van der Waals surface area contributed by atoms with E-state index in [9.17, 15) is 18.9 Å². The van der Waals surface area contributed by atoms with E-state index >= 15 is 0 Å². The van der Waals surface area contributed by atoms with Crippen molar-refractivity contribution < 1.29 is 32.4 Å². The third kappa shape index (κ3) is 6.59. The molecule has 2 aliphatic heterocycles. The van der Waals surface area contributed by atoms with E-state index in [0.29, 0.717) is 6.42 Å². The molecule has 0 saturated carbocycles. The molecular formula is C20H25BClFN3O7PS. The maximum atomic E-state index is 14.8. The lowest BCUT2D eigenvalue weighted by Crippen LogP contribution is -2.28. The Morgan fingerprint density at radius 3 is 2.74 bits per heavy atom. The number of benzene rings is 1. The van der Waals surface area contributed by atoms with Gasteiger partial charge in [-0.2, -0.15) is 4.98 Å². The number of nitrogens with zero attached hydrogens (tertiary/aromatic N) is 2. The Balaban J connectivity index is 1.44. The smallest absolute Gasteiger partial charge is 0.402 e. The van der Waals surface area contributed by atoms with Crippen LogP contribution in [0.1, 0.15) is 18.2 Å². The minimum Gasteiger partial charge on any atom is -0.402 e. The number of ether oxygens (including phenoxy) is 1. The van der Waals surface area contributed by atoms with Crippen LogP contribution in [0.2, 0.25) is 5.02 Å². The van der Waals surface area contributed by atoms with Crippen molar-refractivity contribution in [3.8, 4) is 5.75 Å². The molecule has 2 aliphatic rings. The van der Waals surface area contributed by atoms with E-state index in [4.69, 9.17) is 35.6 Å². The minimum atomic E-state index is -4.26. The normalized spacial score (nSPS) is 30.3. The summed E-state index contributed by atoms with van der Waals surface area (Å²) in [5.41, 5.74) is 4.85. The number of alkyl halides is 1. The Morgan fingerprint density at radius 1 is 1.31 bits per heavy atom. The van der Waals surface area contributed by atoms with Crippen LogP contribution >= 0.6 is 31.2 Å². The summed E-state index contributed by atoms with van der Waals surface area (Å²) in [7, 11) is -2.45. The molecule has 2 saturated heterocycles. The predicted molar refractivity (Wildman–Crippen MR) is 132 cm³/mol. The second kappa shape index (κ2) is 11.2. The van der Waals surface area contributed by atoms with Crippen molar-refractivity contribution in [3.63, 3.8) is 0 Å². The van der Waals surface area contributed by atoms with E-state index in [2.05, 4.69) is 4.98 Å². The van der Waals surface area contributed by atoms with Crippen molar-refractivity contribution >= 4 is 44.8 Å². The van der Waals surface area contributed by atoms with Crippen LogP contribution in [-0.4, -0.2) is 65.4 Å². The topological polar surface area (TPSA) is 135 Å². The second-order valence-electron chi connectivity index (χ2n) is 8.29. The molecule has 0 aliphatic carbocycles. The summed E-state index contributed by atoms with van der Waals surface area (Å²) >= 11 is 7.28. The molecule has 10 nitrogen and oxygen atoms in total. The minimum absolute atomic E-state index is 0.0419. The summed E-state index contributed by atoms with van der Waals surface area (Å²) in [5.74, 6) is 0.128. The maximum Gasteiger partial charge on any atom is 0.530 e. The molecule has 3 heterocycles. The Bertz CT molecular complexity index is 1150. The standard InChI is InChI=1S/C20H25BClFN3O7PS/c21-17-8-14(27)16(32-17)10-31-34(29,33-15-4-2-1-3-12(15)22)30-9-11-7-13(23)19(35-11)26-6-5-18(24)25-20(26)28/h1-6,11,13-14,16-17,19,27H,7-10,21H2,(H2,24,25,28)/t11-,13-,14-,16+,17+,19+,34?/m0/s1. The Hall–Kier alpha value is -1.60. The van der Waals surface area contributed by atoms with Gasteiger partial charge >= 0.3 is 13.5 Å². The Morgan fingerprint density at radius 2 is 2.06 bits per heavy atom. The van der Waals surface area contributed by atoms with Crippen LogP contribution in [0, 0.1) is 0 Å². The molecule has 1 aromatic carbocycles. The summed E-state index contributed by atoms with van der Waals surface area (Å²) in [6.07, 6.45) is -1.01. The van der Waals surface area contributed by atoms with Crippen LogP contribution in [-0.2, 0) is 18.3 Å². The van der Waals surface area contributed by atoms with Crippen LogP contribution in [0.5, 0.6) is 5.75 Å². The number of nitrogen functional groups attached to an aromatic ring is 1. The zero-order valence-electron chi connectivity index (χ0n) is 18.7. The average molecular weight is 548 g/mol. The molecule has 2 fully saturated rings. The molecule has 0 spiro atoms. The number of phosphoric acid groups is 1. The number of thioether (sulfide) groups is 1. The van der Waals surface area contributed by atoms with Gasteiger partial charge in [0.2, 0.25) is 0 Å². The first-order valence-electron chi connectivity index (χ1n) is 10.9. The fraction of sp³-hybridized carbons (Fsp3) is 0.500. The lowest BCUT2D eigenvalue weighted by Gasteiger charge is -2.23. The van der Waals surface area contributed by atoms with Gasteiger partial charge < -0.3 is 20.1 Å². The van der Waals surface area contributed by atoms with Crippen LogP contribution < -0.4 is 15.9 Å². The molecule has 0 radical (unpaired) electrons. The fourth-order valence-corrected chi connectivity index (χ4v) is 6.84. The van der Waals surface area contributed by atoms with Crippen molar-refractivity contribution in [1.29, 1.82) is 0 Å². The third-order valence-electron chi connectivity index (χ3n) is 5.53. The summed E-state index contributed by atoms with van der Waals surface area (Å²) in [6, 6.07) is 7.61. The van der Waals surface area contributed by atoms with Crippen molar-refractivity contribution in [2.45, 2.75) is 47.8 Å². The van der Waals surface area contributed by atoms with E-state index in [0.717, 1.165) is 11.8 Å². The van der Waals surface area contributed by atoms with Gasteiger partial charge in [0.05, 0.1) is 24.3 Å². The number of phosphoric ester groups is 1. The summed E-state index contributed by atoms with van der Waals surface area (Å²) in [4.78, 5) is 15.8. The molecule has 3 N–H and O–H groups in total. The third-order valence-corrected chi connectivity index (χ3v) is 8.70. The highest BCUT2D eigenvalue weighted by molar-refractivity contribution is 8.00. The number of anilines is 1.